The normalized spacial score (nSPS) is 11.3. The molecule has 2 heterocycles. The van der Waals surface area contributed by atoms with Gasteiger partial charge in [-0.2, -0.15) is 0 Å². The molecule has 196 valence electrons. The van der Waals surface area contributed by atoms with Crippen molar-refractivity contribution in [2.45, 2.75) is 0 Å². The predicted octanol–water partition coefficient (Wildman–Crippen LogP) is 10.6. The first kappa shape index (κ1) is 24.2. The molecule has 0 spiro atoms. The Kier molecular flexibility index (Phi) is 5.82. The summed E-state index contributed by atoms with van der Waals surface area (Å²) in [5.41, 5.74) is 9.64. The Morgan fingerprint density at radius 3 is 1.55 bits per heavy atom. The number of fused-ring (bicyclic) bond motifs is 3. The highest BCUT2D eigenvalue weighted by molar-refractivity contribution is 6.24. The summed E-state index contributed by atoms with van der Waals surface area (Å²) in [7, 11) is 0. The van der Waals surface area contributed by atoms with Crippen LogP contribution in [0.3, 0.4) is 0 Å². The zero-order chi connectivity index (χ0) is 27.9. The van der Waals surface area contributed by atoms with Crippen molar-refractivity contribution in [2.75, 3.05) is 0 Å². The van der Waals surface area contributed by atoms with Gasteiger partial charge in [-0.25, -0.2) is 0 Å². The lowest BCUT2D eigenvalue weighted by atomic mass is 9.83. The number of aromatic nitrogens is 2. The molecule has 8 rings (SSSR count). The van der Waals surface area contributed by atoms with Crippen molar-refractivity contribution in [1.29, 1.82) is 0 Å². The van der Waals surface area contributed by atoms with E-state index in [0.717, 1.165) is 11.1 Å². The highest BCUT2D eigenvalue weighted by Gasteiger charge is 2.19. The Morgan fingerprint density at radius 1 is 0.333 bits per heavy atom. The van der Waals surface area contributed by atoms with Crippen LogP contribution in [-0.2, 0) is 0 Å². The maximum absolute atomic E-state index is 4.31. The van der Waals surface area contributed by atoms with E-state index in [9.17, 15) is 0 Å². The van der Waals surface area contributed by atoms with E-state index in [1.165, 1.54) is 65.7 Å². The van der Waals surface area contributed by atoms with Crippen LogP contribution in [0, 0.1) is 0 Å². The van der Waals surface area contributed by atoms with Crippen LogP contribution >= 0.6 is 0 Å². The lowest BCUT2D eigenvalue weighted by Gasteiger charge is -2.20. The summed E-state index contributed by atoms with van der Waals surface area (Å²) in [4.78, 5) is 8.58. The zero-order valence-corrected chi connectivity index (χ0v) is 22.9. The number of hydrogen-bond acceptors (Lipinski definition) is 2. The first-order valence-corrected chi connectivity index (χ1v) is 14.2. The standard InChI is InChI=1S/C40H26N2/c1-3-13-35-33(11-1)39(30-19-17-27(18-20-30)31-10-7-23-42-26-31)34-12-2-4-14-36(34)40(35)37-16-6-9-29-8-5-15-32(38(29)37)28-21-24-41-25-22-28/h1-26H. The molecule has 0 saturated carbocycles. The van der Waals surface area contributed by atoms with Gasteiger partial charge in [-0.1, -0.05) is 115 Å². The van der Waals surface area contributed by atoms with Crippen LogP contribution in [0.15, 0.2) is 158 Å². The maximum Gasteiger partial charge on any atom is 0.0346 e. The summed E-state index contributed by atoms with van der Waals surface area (Å²) < 4.78 is 0. The largest absolute Gasteiger partial charge is 0.265 e. The number of nitrogens with zero attached hydrogens (tertiary/aromatic N) is 2. The molecule has 0 amide bonds. The average molecular weight is 535 g/mol. The molecule has 0 aliphatic rings. The van der Waals surface area contributed by atoms with Gasteiger partial charge in [0.15, 0.2) is 0 Å². The van der Waals surface area contributed by atoms with Crippen LogP contribution in [0.5, 0.6) is 0 Å². The minimum Gasteiger partial charge on any atom is -0.265 e. The molecule has 0 bridgehead atoms. The van der Waals surface area contributed by atoms with Crippen LogP contribution in [-0.4, -0.2) is 9.97 Å². The van der Waals surface area contributed by atoms with Gasteiger partial charge >= 0.3 is 0 Å². The molecular weight excluding hydrogens is 508 g/mol. The van der Waals surface area contributed by atoms with Crippen LogP contribution < -0.4 is 0 Å². The molecule has 0 unspecified atom stereocenters. The van der Waals surface area contributed by atoms with Crippen molar-refractivity contribution in [1.82, 2.24) is 9.97 Å². The van der Waals surface area contributed by atoms with Crippen molar-refractivity contribution in [3.63, 3.8) is 0 Å². The second kappa shape index (κ2) is 10.1. The fraction of sp³-hybridized carbons (Fsp3) is 0. The Labute approximate surface area is 244 Å². The van der Waals surface area contributed by atoms with Crippen LogP contribution in [0.1, 0.15) is 0 Å². The van der Waals surface area contributed by atoms with Crippen molar-refractivity contribution in [2.24, 2.45) is 0 Å². The van der Waals surface area contributed by atoms with E-state index < -0.39 is 0 Å². The molecule has 0 saturated heterocycles. The van der Waals surface area contributed by atoms with E-state index in [0.29, 0.717) is 0 Å². The summed E-state index contributed by atoms with van der Waals surface area (Å²) in [6.07, 6.45) is 7.47. The van der Waals surface area contributed by atoms with E-state index in [-0.39, 0.29) is 0 Å². The Hall–Kier alpha value is -5.60. The molecular formula is C40H26N2. The highest BCUT2D eigenvalue weighted by atomic mass is 14.6. The first-order chi connectivity index (χ1) is 20.9. The third kappa shape index (κ3) is 3.96. The number of pyridine rings is 2. The van der Waals surface area contributed by atoms with E-state index >= 15 is 0 Å². The van der Waals surface area contributed by atoms with E-state index in [1.807, 2.05) is 30.9 Å². The molecule has 0 fully saturated rings. The molecule has 0 aliphatic carbocycles. The molecule has 2 nitrogen and oxygen atoms in total. The number of hydrogen-bond donors (Lipinski definition) is 0. The minimum absolute atomic E-state index is 1.12. The minimum atomic E-state index is 1.12. The molecule has 0 aliphatic heterocycles. The van der Waals surface area contributed by atoms with Gasteiger partial charge in [0.25, 0.3) is 0 Å². The molecule has 2 heteroatoms. The van der Waals surface area contributed by atoms with E-state index in [4.69, 9.17) is 0 Å². The summed E-state index contributed by atoms with van der Waals surface area (Å²) >= 11 is 0. The van der Waals surface area contributed by atoms with Gasteiger partial charge in [-0.05, 0) is 95.0 Å². The Balaban J connectivity index is 1.44. The van der Waals surface area contributed by atoms with Gasteiger partial charge in [0.1, 0.15) is 0 Å². The van der Waals surface area contributed by atoms with Gasteiger partial charge in [-0.15, -0.1) is 0 Å². The summed E-state index contributed by atoms with van der Waals surface area (Å²) in [6, 6.07) is 48.2. The molecule has 6 aromatic carbocycles. The van der Waals surface area contributed by atoms with Gasteiger partial charge < -0.3 is 0 Å². The highest BCUT2D eigenvalue weighted by Crippen LogP contribution is 2.46. The molecule has 42 heavy (non-hydrogen) atoms. The average Bonchev–Trinajstić information content (AvgIpc) is 3.07. The van der Waals surface area contributed by atoms with E-state index in [2.05, 4.69) is 137 Å². The number of benzene rings is 6. The lowest BCUT2D eigenvalue weighted by Crippen LogP contribution is -1.93. The zero-order valence-electron chi connectivity index (χ0n) is 22.9. The van der Waals surface area contributed by atoms with Crippen LogP contribution in [0.2, 0.25) is 0 Å². The smallest absolute Gasteiger partial charge is 0.0346 e. The second-order valence-electron chi connectivity index (χ2n) is 10.6. The van der Waals surface area contributed by atoms with Gasteiger partial charge in [0.2, 0.25) is 0 Å². The van der Waals surface area contributed by atoms with Crippen molar-refractivity contribution >= 4 is 32.3 Å². The van der Waals surface area contributed by atoms with Gasteiger partial charge in [0, 0.05) is 24.8 Å². The van der Waals surface area contributed by atoms with Crippen molar-refractivity contribution in [3.8, 4) is 44.5 Å². The second-order valence-corrected chi connectivity index (χ2v) is 10.6. The molecule has 0 N–H and O–H groups in total. The summed E-state index contributed by atoms with van der Waals surface area (Å²) in [5.74, 6) is 0. The van der Waals surface area contributed by atoms with Gasteiger partial charge in [-0.3, -0.25) is 9.97 Å². The molecule has 2 aromatic heterocycles. The van der Waals surface area contributed by atoms with Crippen LogP contribution in [0.4, 0.5) is 0 Å². The maximum atomic E-state index is 4.31. The van der Waals surface area contributed by atoms with E-state index in [1.54, 1.807) is 0 Å². The van der Waals surface area contributed by atoms with Crippen LogP contribution in [0.25, 0.3) is 76.8 Å². The third-order valence-electron chi connectivity index (χ3n) is 8.27. The fourth-order valence-electron chi connectivity index (χ4n) is 6.41. The van der Waals surface area contributed by atoms with Crippen molar-refractivity contribution in [3.05, 3.63) is 158 Å². The number of rotatable bonds is 4. The first-order valence-electron chi connectivity index (χ1n) is 14.2. The lowest BCUT2D eigenvalue weighted by molar-refractivity contribution is 1.33. The fourth-order valence-corrected chi connectivity index (χ4v) is 6.41. The third-order valence-corrected chi connectivity index (χ3v) is 8.27. The molecule has 8 aromatic rings. The quantitative estimate of drug-likeness (QED) is 0.210. The SMILES string of the molecule is c1cncc(-c2ccc(-c3c4ccccc4c(-c4cccc5cccc(-c6ccncc6)c45)c4ccccc34)cc2)c1. The molecule has 0 radical (unpaired) electrons. The van der Waals surface area contributed by atoms with Crippen molar-refractivity contribution < 1.29 is 0 Å². The molecule has 0 atom stereocenters. The Morgan fingerprint density at radius 2 is 0.929 bits per heavy atom. The predicted molar refractivity (Wildman–Crippen MR) is 176 cm³/mol. The summed E-state index contributed by atoms with van der Waals surface area (Å²) in [5, 5.41) is 7.48. The monoisotopic (exact) mass is 534 g/mol. The van der Waals surface area contributed by atoms with Gasteiger partial charge in [0.05, 0.1) is 0 Å². The Bertz CT molecular complexity index is 2160. The topological polar surface area (TPSA) is 25.8 Å². The summed E-state index contributed by atoms with van der Waals surface area (Å²) in [6.45, 7) is 0.